The van der Waals surface area contributed by atoms with Crippen molar-refractivity contribution in [1.82, 2.24) is 20.1 Å². The van der Waals surface area contributed by atoms with Crippen molar-refractivity contribution in [1.29, 1.82) is 0 Å². The zero-order valence-corrected chi connectivity index (χ0v) is 18.4. The molecule has 1 aromatic heterocycles. The van der Waals surface area contributed by atoms with Gasteiger partial charge in [0.15, 0.2) is 0 Å². The Balaban J connectivity index is 1.27. The highest BCUT2D eigenvalue weighted by molar-refractivity contribution is 6.05. The van der Waals surface area contributed by atoms with Crippen LogP contribution in [0.3, 0.4) is 0 Å². The average Bonchev–Trinajstić information content (AvgIpc) is 3.13. The second kappa shape index (κ2) is 8.52. The lowest BCUT2D eigenvalue weighted by Gasteiger charge is -2.38. The molecule has 1 aromatic carbocycles. The number of aromatic nitrogens is 1. The van der Waals surface area contributed by atoms with Crippen molar-refractivity contribution < 1.29 is 28.3 Å². The van der Waals surface area contributed by atoms with Crippen molar-refractivity contribution in [2.75, 3.05) is 13.1 Å². The highest BCUT2D eigenvalue weighted by atomic mass is 19.1. The smallest absolute Gasteiger partial charge is 0.256 e. The Hall–Kier alpha value is -3.24. The Labute approximate surface area is 194 Å². The summed E-state index contributed by atoms with van der Waals surface area (Å²) in [5.74, 6) is -2.35. The molecule has 2 N–H and O–H groups in total. The quantitative estimate of drug-likeness (QED) is 0.659. The molecule has 8 nitrogen and oxygen atoms in total. The molecular formula is C24H24F2N4O4. The first-order chi connectivity index (χ1) is 16.2. The van der Waals surface area contributed by atoms with Gasteiger partial charge in [0.1, 0.15) is 23.3 Å². The van der Waals surface area contributed by atoms with E-state index in [1.807, 2.05) is 4.90 Å². The molecule has 0 bridgehead atoms. The lowest BCUT2D eigenvalue weighted by molar-refractivity contribution is -0.136. The number of carbonyl (C=O) groups excluding carboxylic acids is 3. The molecule has 1 unspecified atom stereocenters. The van der Waals surface area contributed by atoms with E-state index < -0.39 is 29.2 Å². The minimum atomic E-state index is -1.20. The maximum atomic E-state index is 14.0. The van der Waals surface area contributed by atoms with Crippen LogP contribution in [-0.4, -0.2) is 56.7 Å². The van der Waals surface area contributed by atoms with E-state index in [4.69, 9.17) is 0 Å². The highest BCUT2D eigenvalue weighted by Crippen LogP contribution is 2.35. The van der Waals surface area contributed by atoms with Gasteiger partial charge in [-0.15, -0.1) is 0 Å². The first kappa shape index (κ1) is 22.5. The van der Waals surface area contributed by atoms with Crippen molar-refractivity contribution in [3.8, 4) is 0 Å². The fourth-order valence-electron chi connectivity index (χ4n) is 4.92. The Kier molecular flexibility index (Phi) is 5.65. The van der Waals surface area contributed by atoms with Crippen LogP contribution in [0, 0.1) is 11.6 Å². The molecule has 3 aliphatic heterocycles. The summed E-state index contributed by atoms with van der Waals surface area (Å²) in [5.41, 5.74) is 0.543. The molecule has 3 aliphatic rings. The Morgan fingerprint density at radius 2 is 1.88 bits per heavy atom. The molecule has 178 valence electrons. The summed E-state index contributed by atoms with van der Waals surface area (Å²) in [6.45, 7) is 1.44. The third-order valence-electron chi connectivity index (χ3n) is 6.94. The van der Waals surface area contributed by atoms with E-state index in [0.717, 1.165) is 6.07 Å². The molecule has 3 amide bonds. The summed E-state index contributed by atoms with van der Waals surface area (Å²) >= 11 is 0. The summed E-state index contributed by atoms with van der Waals surface area (Å²) in [6.07, 6.45) is 1.18. The molecule has 0 saturated carbocycles. The third-order valence-corrected chi connectivity index (χ3v) is 6.94. The molecule has 1 atom stereocenters. The van der Waals surface area contributed by atoms with Gasteiger partial charge < -0.3 is 10.0 Å². The number of pyridine rings is 1. The van der Waals surface area contributed by atoms with Crippen LogP contribution >= 0.6 is 0 Å². The molecule has 2 fully saturated rings. The molecule has 0 aliphatic carbocycles. The summed E-state index contributed by atoms with van der Waals surface area (Å²) < 4.78 is 27.1. The average molecular weight is 470 g/mol. The summed E-state index contributed by atoms with van der Waals surface area (Å²) in [4.78, 5) is 44.5. The van der Waals surface area contributed by atoms with E-state index in [2.05, 4.69) is 10.3 Å². The zero-order valence-electron chi connectivity index (χ0n) is 18.4. The summed E-state index contributed by atoms with van der Waals surface area (Å²) in [6, 6.07) is 6.07. The number of rotatable bonds is 4. The molecular weight excluding hydrogens is 446 g/mol. The van der Waals surface area contributed by atoms with E-state index in [1.165, 1.54) is 17.0 Å². The third kappa shape index (κ3) is 4.07. The highest BCUT2D eigenvalue weighted by Gasteiger charge is 2.41. The van der Waals surface area contributed by atoms with Gasteiger partial charge in [-0.3, -0.25) is 29.6 Å². The number of nitrogens with one attached hydrogen (secondary N) is 1. The van der Waals surface area contributed by atoms with Crippen LogP contribution in [0.2, 0.25) is 0 Å². The van der Waals surface area contributed by atoms with Crippen molar-refractivity contribution in [2.24, 2.45) is 0 Å². The van der Waals surface area contributed by atoms with Crippen LogP contribution in [0.15, 0.2) is 30.3 Å². The van der Waals surface area contributed by atoms with Crippen LogP contribution in [0.1, 0.15) is 53.0 Å². The van der Waals surface area contributed by atoms with Crippen LogP contribution in [0.4, 0.5) is 8.78 Å². The van der Waals surface area contributed by atoms with Gasteiger partial charge in [0.2, 0.25) is 11.8 Å². The summed E-state index contributed by atoms with van der Waals surface area (Å²) in [7, 11) is 0. The first-order valence-corrected chi connectivity index (χ1v) is 11.3. The number of carbonyl (C=O) groups is 3. The minimum Gasteiger partial charge on any atom is -0.383 e. The number of piperidine rings is 2. The van der Waals surface area contributed by atoms with E-state index in [-0.39, 0.29) is 31.2 Å². The topological polar surface area (TPSA) is 103 Å². The zero-order chi connectivity index (χ0) is 24.0. The van der Waals surface area contributed by atoms with Gasteiger partial charge in [-0.25, -0.2) is 8.78 Å². The molecule has 0 radical (unpaired) electrons. The monoisotopic (exact) mass is 470 g/mol. The number of hydrogen-bond acceptors (Lipinski definition) is 6. The number of aliphatic hydroxyl groups is 1. The molecule has 0 spiro atoms. The SMILES string of the molecule is O=C1CCC(N2Cc3nc(C4(O)CCN(Cc5ccc(F)cc5F)CC4)ccc3C2=O)C(=O)N1. The van der Waals surface area contributed by atoms with Gasteiger partial charge in [0.05, 0.1) is 23.5 Å². The van der Waals surface area contributed by atoms with E-state index >= 15 is 0 Å². The van der Waals surface area contributed by atoms with Crippen LogP contribution < -0.4 is 5.32 Å². The number of nitrogens with zero attached hydrogens (tertiary/aromatic N) is 3. The fraction of sp³-hybridized carbons (Fsp3) is 0.417. The van der Waals surface area contributed by atoms with Gasteiger partial charge in [0, 0.05) is 37.7 Å². The van der Waals surface area contributed by atoms with Gasteiger partial charge in [-0.2, -0.15) is 0 Å². The normalized spacial score (nSPS) is 22.6. The second-order valence-corrected chi connectivity index (χ2v) is 9.13. The molecule has 10 heteroatoms. The number of amides is 3. The number of likely N-dealkylation sites (tertiary alicyclic amines) is 1. The largest absolute Gasteiger partial charge is 0.383 e. The number of halogens is 2. The number of imide groups is 1. The predicted octanol–water partition coefficient (Wildman–Crippen LogP) is 1.60. The molecule has 4 heterocycles. The van der Waals surface area contributed by atoms with Gasteiger partial charge in [0.25, 0.3) is 5.91 Å². The predicted molar refractivity (Wildman–Crippen MR) is 115 cm³/mol. The van der Waals surface area contributed by atoms with Gasteiger partial charge in [-0.1, -0.05) is 6.07 Å². The molecule has 34 heavy (non-hydrogen) atoms. The number of hydrogen-bond donors (Lipinski definition) is 2. The Morgan fingerprint density at radius 1 is 1.12 bits per heavy atom. The standard InChI is InChI=1S/C24H24F2N4O4/c25-15-2-1-14(17(26)11-15)12-29-9-7-24(34,8-10-29)20-5-3-16-18(27-20)13-30(23(16)33)19-4-6-21(31)28-22(19)32/h1-3,5,11,19,34H,4,6-10,12-13H2,(H,28,31,32). The fourth-order valence-corrected chi connectivity index (χ4v) is 4.92. The van der Waals surface area contributed by atoms with Crippen LogP contribution in [0.25, 0.3) is 0 Å². The number of fused-ring (bicyclic) bond motifs is 1. The Morgan fingerprint density at radius 3 is 2.59 bits per heavy atom. The van der Waals surface area contributed by atoms with Crippen LogP contribution in [-0.2, 0) is 28.3 Å². The van der Waals surface area contributed by atoms with Crippen molar-refractivity contribution in [3.05, 3.63) is 64.5 Å². The lowest BCUT2D eigenvalue weighted by Crippen LogP contribution is -2.52. The molecule has 2 aromatic rings. The van der Waals surface area contributed by atoms with Crippen LogP contribution in [0.5, 0.6) is 0 Å². The Bertz CT molecular complexity index is 1180. The van der Waals surface area contributed by atoms with Gasteiger partial charge in [-0.05, 0) is 37.5 Å². The number of benzene rings is 1. The van der Waals surface area contributed by atoms with Crippen molar-refractivity contribution in [2.45, 2.75) is 50.4 Å². The van der Waals surface area contributed by atoms with Gasteiger partial charge >= 0.3 is 0 Å². The molecule has 5 rings (SSSR count). The lowest BCUT2D eigenvalue weighted by atomic mass is 9.87. The first-order valence-electron chi connectivity index (χ1n) is 11.3. The molecule has 2 saturated heterocycles. The van der Waals surface area contributed by atoms with E-state index in [9.17, 15) is 28.3 Å². The minimum absolute atomic E-state index is 0.139. The maximum Gasteiger partial charge on any atom is 0.256 e. The second-order valence-electron chi connectivity index (χ2n) is 9.13. The maximum absolute atomic E-state index is 14.0. The van der Waals surface area contributed by atoms with Crippen molar-refractivity contribution >= 4 is 17.7 Å². The van der Waals surface area contributed by atoms with Crippen molar-refractivity contribution in [3.63, 3.8) is 0 Å². The van der Waals surface area contributed by atoms with E-state index in [0.29, 0.717) is 55.0 Å². The summed E-state index contributed by atoms with van der Waals surface area (Å²) in [5, 5.41) is 13.6. The van der Waals surface area contributed by atoms with E-state index in [1.54, 1.807) is 12.1 Å².